The molecule has 0 unspecified atom stereocenters. The van der Waals surface area contributed by atoms with Gasteiger partial charge in [-0.25, -0.2) is 43.3 Å². The minimum absolute atomic E-state index is 0.0231. The summed E-state index contributed by atoms with van der Waals surface area (Å²) in [6, 6.07) is 0. The van der Waals surface area contributed by atoms with Gasteiger partial charge in [0, 0.05) is 11.8 Å². The van der Waals surface area contributed by atoms with Crippen LogP contribution in [0.15, 0.2) is 0 Å². The largest absolute Gasteiger partial charge is 0.848 e. The van der Waals surface area contributed by atoms with Crippen LogP contribution in [0.2, 0.25) is 0 Å². The molecule has 6 N–H and O–H groups in total. The van der Waals surface area contributed by atoms with Crippen LogP contribution in [0.3, 0.4) is 0 Å². The van der Waals surface area contributed by atoms with E-state index in [0.29, 0.717) is 0 Å². The van der Waals surface area contributed by atoms with Crippen molar-refractivity contribution in [2.75, 3.05) is 0 Å². The van der Waals surface area contributed by atoms with Crippen molar-refractivity contribution in [1.29, 1.82) is 0 Å². The molecule has 0 heterocycles. The van der Waals surface area contributed by atoms with E-state index in [-0.39, 0.29) is 21.7 Å². The van der Waals surface area contributed by atoms with Crippen molar-refractivity contribution in [3.05, 3.63) is 0 Å². The normalized spacial score (nSPS) is 28.6. The first-order valence-corrected chi connectivity index (χ1v) is 26.8. The Morgan fingerprint density at radius 3 is 0.750 bits per heavy atom. The quantitative estimate of drug-likeness (QED) is 0.0362. The van der Waals surface area contributed by atoms with Gasteiger partial charge in [0.2, 0.25) is 0 Å². The Balaban J connectivity index is -0.000000450. The molecule has 0 bridgehead atoms. The molecule has 2 rings (SSSR count). The summed E-state index contributed by atoms with van der Waals surface area (Å²) in [6.07, 6.45) is -23.8. The van der Waals surface area contributed by atoms with Crippen LogP contribution in [-0.4, -0.2) is 156 Å². The first kappa shape index (κ1) is 70.1. The van der Waals surface area contributed by atoms with Crippen molar-refractivity contribution < 1.29 is 170 Å². The van der Waals surface area contributed by atoms with E-state index in [4.69, 9.17) is 53.9 Å². The molecule has 0 amide bonds. The van der Waals surface area contributed by atoms with Gasteiger partial charge in [-0.05, 0) is 0 Å². The second kappa shape index (κ2) is 32.3. The lowest BCUT2D eigenvalue weighted by Crippen LogP contribution is -2.68. The van der Waals surface area contributed by atoms with Crippen molar-refractivity contribution in [3.63, 3.8) is 0 Å². The average Bonchev–Trinajstić information content (AvgIpc) is 3.14. The summed E-state index contributed by atoms with van der Waals surface area (Å²) in [5, 5.41) is 50.7. The van der Waals surface area contributed by atoms with Crippen LogP contribution in [0.5, 0.6) is 0 Å². The van der Waals surface area contributed by atoms with Crippen molar-refractivity contribution in [1.82, 2.24) is 0 Å². The minimum atomic E-state index is -5.40. The third kappa shape index (κ3) is 30.8. The van der Waals surface area contributed by atoms with Gasteiger partial charge in [0.1, 0.15) is 36.6 Å². The molecule has 0 aromatic carbocycles. The maximum absolute atomic E-state index is 12.2. The summed E-state index contributed by atoms with van der Waals surface area (Å²) >= 11 is 5.67. The van der Waals surface area contributed by atoms with E-state index < -0.39 is 150 Å². The average molecular weight is 1180 g/mol. The van der Waals surface area contributed by atoms with Crippen molar-refractivity contribution in [2.24, 2.45) is 11.8 Å². The zero-order valence-electron chi connectivity index (χ0n) is 29.7. The van der Waals surface area contributed by atoms with Gasteiger partial charge in [0.25, 0.3) is 0 Å². The lowest BCUT2D eigenvalue weighted by atomic mass is 9.79. The van der Waals surface area contributed by atoms with Gasteiger partial charge in [-0.3, -0.25) is 37.4 Å². The first-order chi connectivity index (χ1) is 28.9. The maximum Gasteiger partial charge on any atom is 0.397 e. The fourth-order valence-electron chi connectivity index (χ4n) is 4.63. The highest BCUT2D eigenvalue weighted by Gasteiger charge is 2.54. The smallest absolute Gasteiger partial charge is 0.397 e. The van der Waals surface area contributed by atoms with Gasteiger partial charge >= 0.3 is 62.4 Å². The lowest BCUT2D eigenvalue weighted by Gasteiger charge is -2.50. The van der Waals surface area contributed by atoms with Crippen LogP contribution in [0, 0.1) is 11.8 Å². The molecule has 38 nitrogen and oxygen atoms in total. The molecule has 50 heteroatoms. The monoisotopic (exact) mass is 1180 g/mol. The SMILES string of the molecule is C[C@@H]1[C@@H](OS(=O)(=O)O)[C@H]([O-])[C@@H](OO[O-])[C@@H](OS(=O)(=O)O)[C@H]1OS(=O)(=O)O.C[C@@H]1[C@@H](OS(=O)(=O)O)[C@H]([O-])[C@@H](OO[O-])[C@H](OS(=O)(=O)O)[C@H]1OS(=O)(=O)O.O=S.O=S.O=S=P[O-].O=S=P[O-]. The predicted octanol–water partition coefficient (Wildman–Crippen LogP) is -11.0. The van der Waals surface area contributed by atoms with E-state index in [1.807, 2.05) is 0 Å². The third-order valence-corrected chi connectivity index (χ3v) is 9.70. The molecule has 2 aliphatic rings. The molecule has 0 aromatic heterocycles. The molecule has 0 spiro atoms. The van der Waals surface area contributed by atoms with E-state index in [1.54, 1.807) is 0 Å². The molecule has 384 valence electrons. The highest BCUT2D eigenvalue weighted by Crippen LogP contribution is 2.36. The molecule has 0 radical (unpaired) electrons. The molecule has 2 saturated carbocycles. The van der Waals surface area contributed by atoms with Crippen molar-refractivity contribution in [2.45, 2.75) is 74.9 Å². The molecule has 2 fully saturated rings. The lowest BCUT2D eigenvalue weighted by molar-refractivity contribution is -0.810. The Bertz CT molecular complexity index is 2000. The van der Waals surface area contributed by atoms with Gasteiger partial charge in [0.05, 0.1) is 33.9 Å². The molecule has 0 aliphatic heterocycles. The summed E-state index contributed by atoms with van der Waals surface area (Å²) in [5.74, 6) is -3.45. The van der Waals surface area contributed by atoms with Crippen LogP contribution in [0.25, 0.3) is 0 Å². The molecule has 12 atom stereocenters. The Morgan fingerprint density at radius 2 is 0.594 bits per heavy atom. The standard InChI is InChI=1S/2C7H13O16S3.2O2PS.2OS/c2*1-2-4(20-24(10,11)12)3(8)6(19-23-9)7(22-26(16,17)18)5(2)21-25(13,14)15;2*1-3-4-2;2*1-2/h2*2-7,9H,1H3,(H,10,11,12)(H,13,14,15)(H,16,17,18);;;;/q4*-1;;/p-2/t2-,3+,4-,5+,6-,7+;2-,3+,4-,5+,6-,7-;;;;/m11..../s1. The summed E-state index contributed by atoms with van der Waals surface area (Å²) < 4.78 is 241. The highest BCUT2D eigenvalue weighted by atomic mass is 32.5. The second-order valence-electron chi connectivity index (χ2n) is 10.1. The highest BCUT2D eigenvalue weighted by molar-refractivity contribution is 7.98. The van der Waals surface area contributed by atoms with Gasteiger partial charge < -0.3 is 30.5 Å². The zero-order chi connectivity index (χ0) is 51.8. The summed E-state index contributed by atoms with van der Waals surface area (Å²) in [5.41, 5.74) is 0. The van der Waals surface area contributed by atoms with Crippen LogP contribution in [0.4, 0.5) is 0 Å². The molecule has 0 saturated heterocycles. The van der Waals surface area contributed by atoms with Crippen molar-refractivity contribution in [3.8, 4) is 0 Å². The Kier molecular flexibility index (Phi) is 35.4. The molecule has 64 heavy (non-hydrogen) atoms. The van der Waals surface area contributed by atoms with Crippen molar-refractivity contribution >= 4 is 124 Å². The van der Waals surface area contributed by atoms with Crippen LogP contribution in [-0.2, 0) is 154 Å². The van der Waals surface area contributed by atoms with Gasteiger partial charge in [-0.2, -0.15) is 58.9 Å². The maximum atomic E-state index is 12.2. The summed E-state index contributed by atoms with van der Waals surface area (Å²) in [7, 11) is -32.9. The number of rotatable bonds is 16. The molecular weight excluding hydrogens is 1160 g/mol. The fourth-order valence-corrected chi connectivity index (χ4v) is 7.90. The molecular formula is C14H24O38P2S10-6. The van der Waals surface area contributed by atoms with E-state index in [0.717, 1.165) is 13.8 Å². The van der Waals surface area contributed by atoms with E-state index in [1.165, 1.54) is 0 Å². The fraction of sp³-hybridized carbons (Fsp3) is 1.00. The Morgan fingerprint density at radius 1 is 0.422 bits per heavy atom. The molecule has 2 aliphatic carbocycles. The van der Waals surface area contributed by atoms with Crippen LogP contribution < -0.4 is 30.5 Å². The Labute approximate surface area is 379 Å². The minimum Gasteiger partial charge on any atom is -0.848 e. The summed E-state index contributed by atoms with van der Waals surface area (Å²) in [4.78, 5) is 25.7. The van der Waals surface area contributed by atoms with Crippen LogP contribution >= 0.6 is 15.2 Å². The van der Waals surface area contributed by atoms with Gasteiger partial charge in [-0.15, -0.1) is 0 Å². The zero-order valence-corrected chi connectivity index (χ0v) is 39.6. The van der Waals surface area contributed by atoms with Gasteiger partial charge in [0.15, 0.2) is 25.1 Å². The van der Waals surface area contributed by atoms with E-state index in [9.17, 15) is 71.2 Å². The van der Waals surface area contributed by atoms with Crippen LogP contribution in [0.1, 0.15) is 13.8 Å². The first-order valence-electron chi connectivity index (χ1n) is 13.7. The van der Waals surface area contributed by atoms with E-state index in [2.05, 4.69) is 70.0 Å². The van der Waals surface area contributed by atoms with Gasteiger partial charge in [-0.1, -0.05) is 41.2 Å². The number of hydrogen-bond donors (Lipinski definition) is 6. The summed E-state index contributed by atoms with van der Waals surface area (Å²) in [6.45, 7) is 1.76. The topological polar surface area (TPSA) is 625 Å². The Hall–Kier alpha value is -0.500. The second-order valence-corrected chi connectivity index (χ2v) is 18.8. The third-order valence-electron chi connectivity index (χ3n) is 6.42. The van der Waals surface area contributed by atoms with E-state index >= 15 is 0 Å². The number of hydrogen-bond acceptors (Lipinski definition) is 34. The predicted molar refractivity (Wildman–Crippen MR) is 183 cm³/mol. The molecule has 0 aromatic rings.